The molecule has 0 saturated heterocycles. The van der Waals surface area contributed by atoms with E-state index in [9.17, 15) is 4.79 Å². The number of nitrogens with zero attached hydrogens (tertiary/aromatic N) is 2. The normalized spacial score (nSPS) is 10.3. The van der Waals surface area contributed by atoms with Crippen molar-refractivity contribution >= 4 is 33.7 Å². The van der Waals surface area contributed by atoms with Crippen molar-refractivity contribution < 1.29 is 9.90 Å². The Hall–Kier alpha value is -1.40. The Balaban J connectivity index is 2.28. The first kappa shape index (κ1) is 13.0. The minimum Gasteiger partial charge on any atom is -0.478 e. The molecule has 2 aromatic heterocycles. The monoisotopic (exact) mass is 324 g/mol. The minimum absolute atomic E-state index is 0.218. The first-order chi connectivity index (χ1) is 8.56. The third kappa shape index (κ3) is 3.08. The second-order valence-electron chi connectivity index (χ2n) is 3.59. The SMILES string of the molecule is Cc1cnc(Sc2cc(C(=O)O)ccn2)c(Br)c1. The lowest BCUT2D eigenvalue weighted by Crippen LogP contribution is -1.96. The van der Waals surface area contributed by atoms with Crippen LogP contribution in [0.2, 0.25) is 0 Å². The average Bonchev–Trinajstić information content (AvgIpc) is 2.33. The van der Waals surface area contributed by atoms with E-state index in [1.54, 1.807) is 6.20 Å². The maximum absolute atomic E-state index is 10.9. The largest absolute Gasteiger partial charge is 0.478 e. The Morgan fingerprint density at radius 1 is 1.39 bits per heavy atom. The second-order valence-corrected chi connectivity index (χ2v) is 5.45. The van der Waals surface area contributed by atoms with Crippen LogP contribution < -0.4 is 0 Å². The summed E-state index contributed by atoms with van der Waals surface area (Å²) in [5.74, 6) is -0.963. The summed E-state index contributed by atoms with van der Waals surface area (Å²) < 4.78 is 0.870. The summed E-state index contributed by atoms with van der Waals surface area (Å²) in [6.07, 6.45) is 3.24. The van der Waals surface area contributed by atoms with E-state index in [2.05, 4.69) is 25.9 Å². The van der Waals surface area contributed by atoms with Gasteiger partial charge in [0.2, 0.25) is 0 Å². The molecule has 0 aromatic carbocycles. The molecule has 2 heterocycles. The zero-order valence-electron chi connectivity index (χ0n) is 9.42. The lowest BCUT2D eigenvalue weighted by Gasteiger charge is -2.04. The molecule has 2 aromatic rings. The van der Waals surface area contributed by atoms with Gasteiger partial charge in [0.1, 0.15) is 10.1 Å². The molecule has 0 fully saturated rings. The van der Waals surface area contributed by atoms with Crippen molar-refractivity contribution in [2.75, 3.05) is 0 Å². The number of aryl methyl sites for hydroxylation is 1. The summed E-state index contributed by atoms with van der Waals surface area (Å²) in [5, 5.41) is 10.3. The average molecular weight is 325 g/mol. The van der Waals surface area contributed by atoms with Gasteiger partial charge in [0.25, 0.3) is 0 Å². The van der Waals surface area contributed by atoms with E-state index in [0.29, 0.717) is 5.03 Å². The molecule has 0 aliphatic carbocycles. The van der Waals surface area contributed by atoms with Gasteiger partial charge >= 0.3 is 5.97 Å². The van der Waals surface area contributed by atoms with E-state index in [-0.39, 0.29) is 5.56 Å². The van der Waals surface area contributed by atoms with Gasteiger partial charge in [-0.15, -0.1) is 0 Å². The second kappa shape index (κ2) is 5.49. The number of aromatic nitrogens is 2. The highest BCUT2D eigenvalue weighted by atomic mass is 79.9. The van der Waals surface area contributed by atoms with Crippen molar-refractivity contribution in [2.24, 2.45) is 0 Å². The van der Waals surface area contributed by atoms with E-state index >= 15 is 0 Å². The number of carboxylic acid groups (broad SMARTS) is 1. The number of aromatic carboxylic acids is 1. The molecular weight excluding hydrogens is 316 g/mol. The molecule has 92 valence electrons. The lowest BCUT2D eigenvalue weighted by molar-refractivity contribution is 0.0696. The molecule has 0 aliphatic rings. The summed E-state index contributed by atoms with van der Waals surface area (Å²) in [5.41, 5.74) is 1.27. The molecule has 4 nitrogen and oxygen atoms in total. The molecule has 1 N–H and O–H groups in total. The van der Waals surface area contributed by atoms with E-state index < -0.39 is 5.97 Å². The standard InChI is InChI=1S/C12H9BrN2O2S/c1-7-4-9(13)11(15-6-7)18-10-5-8(12(16)17)2-3-14-10/h2-6H,1H3,(H,16,17). The van der Waals surface area contributed by atoms with E-state index in [1.807, 2.05) is 13.0 Å². The van der Waals surface area contributed by atoms with Crippen LogP contribution in [-0.2, 0) is 0 Å². The predicted molar refractivity (Wildman–Crippen MR) is 72.0 cm³/mol. The first-order valence-corrected chi connectivity index (χ1v) is 6.66. The van der Waals surface area contributed by atoms with Crippen LogP contribution >= 0.6 is 27.7 Å². The quantitative estimate of drug-likeness (QED) is 0.937. The van der Waals surface area contributed by atoms with E-state index in [1.165, 1.54) is 30.1 Å². The minimum atomic E-state index is -0.963. The summed E-state index contributed by atoms with van der Waals surface area (Å²) in [6, 6.07) is 4.95. The van der Waals surface area contributed by atoms with Gasteiger partial charge in [-0.2, -0.15) is 0 Å². The maximum atomic E-state index is 10.9. The van der Waals surface area contributed by atoms with Crippen LogP contribution in [0.15, 0.2) is 45.1 Å². The van der Waals surface area contributed by atoms with Gasteiger partial charge in [0.05, 0.1) is 10.0 Å². The van der Waals surface area contributed by atoms with Gasteiger partial charge in [-0.05, 0) is 58.4 Å². The Bertz CT molecular complexity index is 604. The van der Waals surface area contributed by atoms with Crippen molar-refractivity contribution in [3.8, 4) is 0 Å². The van der Waals surface area contributed by atoms with Gasteiger partial charge in [-0.3, -0.25) is 0 Å². The molecule has 0 bridgehead atoms. The van der Waals surface area contributed by atoms with Crippen molar-refractivity contribution in [1.82, 2.24) is 9.97 Å². The van der Waals surface area contributed by atoms with E-state index in [4.69, 9.17) is 5.11 Å². The van der Waals surface area contributed by atoms with Gasteiger partial charge in [-0.1, -0.05) is 0 Å². The van der Waals surface area contributed by atoms with E-state index in [0.717, 1.165) is 15.1 Å². The summed E-state index contributed by atoms with van der Waals surface area (Å²) in [6.45, 7) is 1.95. The van der Waals surface area contributed by atoms with Crippen molar-refractivity contribution in [3.63, 3.8) is 0 Å². The zero-order chi connectivity index (χ0) is 13.1. The molecule has 0 saturated carbocycles. The van der Waals surface area contributed by atoms with Crippen LogP contribution in [0.3, 0.4) is 0 Å². The van der Waals surface area contributed by atoms with Crippen molar-refractivity contribution in [3.05, 3.63) is 46.2 Å². The maximum Gasteiger partial charge on any atom is 0.335 e. The van der Waals surface area contributed by atoms with Crippen LogP contribution in [0.25, 0.3) is 0 Å². The number of hydrogen-bond donors (Lipinski definition) is 1. The molecule has 0 unspecified atom stereocenters. The fraction of sp³-hybridized carbons (Fsp3) is 0.0833. The van der Waals surface area contributed by atoms with Gasteiger partial charge in [-0.25, -0.2) is 14.8 Å². The number of hydrogen-bond acceptors (Lipinski definition) is 4. The molecule has 0 amide bonds. The lowest BCUT2D eigenvalue weighted by atomic mass is 10.3. The summed E-state index contributed by atoms with van der Waals surface area (Å²) in [4.78, 5) is 19.3. The number of rotatable bonds is 3. The highest BCUT2D eigenvalue weighted by molar-refractivity contribution is 9.10. The highest BCUT2D eigenvalue weighted by Gasteiger charge is 2.08. The molecule has 2 rings (SSSR count). The summed E-state index contributed by atoms with van der Waals surface area (Å²) in [7, 11) is 0. The number of carbonyl (C=O) groups is 1. The Labute approximate surface area is 117 Å². The fourth-order valence-corrected chi connectivity index (χ4v) is 2.76. The van der Waals surface area contributed by atoms with Gasteiger partial charge in [0, 0.05) is 12.4 Å². The fourth-order valence-electron chi connectivity index (χ4n) is 1.29. The van der Waals surface area contributed by atoms with Crippen LogP contribution in [0.5, 0.6) is 0 Å². The highest BCUT2D eigenvalue weighted by Crippen LogP contribution is 2.31. The molecule has 0 radical (unpaired) electrons. The molecule has 18 heavy (non-hydrogen) atoms. The van der Waals surface area contributed by atoms with Crippen LogP contribution in [-0.4, -0.2) is 21.0 Å². The molecule has 0 atom stereocenters. The molecule has 0 aliphatic heterocycles. The third-order valence-electron chi connectivity index (χ3n) is 2.13. The molecule has 6 heteroatoms. The predicted octanol–water partition coefficient (Wildman–Crippen LogP) is 3.40. The van der Waals surface area contributed by atoms with Crippen LogP contribution in [0.1, 0.15) is 15.9 Å². The summed E-state index contributed by atoms with van der Waals surface area (Å²) >= 11 is 4.75. The Morgan fingerprint density at radius 2 is 2.17 bits per heavy atom. The molecular formula is C12H9BrN2O2S. The van der Waals surface area contributed by atoms with Gasteiger partial charge in [0.15, 0.2) is 0 Å². The smallest absolute Gasteiger partial charge is 0.335 e. The van der Waals surface area contributed by atoms with Crippen LogP contribution in [0.4, 0.5) is 0 Å². The number of halogens is 1. The topological polar surface area (TPSA) is 63.1 Å². The number of pyridine rings is 2. The Kier molecular flexibility index (Phi) is 3.98. The Morgan fingerprint density at radius 3 is 2.83 bits per heavy atom. The number of carboxylic acids is 1. The van der Waals surface area contributed by atoms with Crippen molar-refractivity contribution in [1.29, 1.82) is 0 Å². The molecule has 0 spiro atoms. The van der Waals surface area contributed by atoms with Gasteiger partial charge < -0.3 is 5.11 Å². The first-order valence-electron chi connectivity index (χ1n) is 5.05. The van der Waals surface area contributed by atoms with Crippen molar-refractivity contribution in [2.45, 2.75) is 17.0 Å². The zero-order valence-corrected chi connectivity index (χ0v) is 11.8. The van der Waals surface area contributed by atoms with Crippen LogP contribution in [0, 0.1) is 6.92 Å². The third-order valence-corrected chi connectivity index (χ3v) is 3.95.